The van der Waals surface area contributed by atoms with E-state index >= 15 is 0 Å². The van der Waals surface area contributed by atoms with Crippen molar-refractivity contribution in [3.63, 3.8) is 0 Å². The third-order valence-electron chi connectivity index (χ3n) is 5.89. The van der Waals surface area contributed by atoms with Gasteiger partial charge in [0.1, 0.15) is 0 Å². The predicted octanol–water partition coefficient (Wildman–Crippen LogP) is 2.45. The van der Waals surface area contributed by atoms with Crippen molar-refractivity contribution in [3.8, 4) is 0 Å². The summed E-state index contributed by atoms with van der Waals surface area (Å²) in [5, 5.41) is 2.84. The van der Waals surface area contributed by atoms with Crippen LogP contribution in [0.25, 0.3) is 0 Å². The van der Waals surface area contributed by atoms with Gasteiger partial charge in [0.2, 0.25) is 10.0 Å². The van der Waals surface area contributed by atoms with Crippen molar-refractivity contribution in [2.45, 2.75) is 63.1 Å². The number of nitrogens with one attached hydrogen (secondary N) is 2. The van der Waals surface area contributed by atoms with Gasteiger partial charge >= 0.3 is 6.03 Å². The molecule has 29 heavy (non-hydrogen) atoms. The lowest BCUT2D eigenvalue weighted by molar-refractivity contribution is 0.00227. The number of piperidine rings is 1. The molecule has 1 aromatic carbocycles. The van der Waals surface area contributed by atoms with Crippen LogP contribution >= 0.6 is 0 Å². The molecule has 4 atom stereocenters. The van der Waals surface area contributed by atoms with Gasteiger partial charge in [-0.15, -0.1) is 0 Å². The third-order valence-corrected chi connectivity index (χ3v) is 6.62. The van der Waals surface area contributed by atoms with Crippen LogP contribution in [0.1, 0.15) is 50.5 Å². The number of benzene rings is 1. The number of sulfonamides is 1. The highest BCUT2D eigenvalue weighted by atomic mass is 32.2. The maximum Gasteiger partial charge on any atom is 0.317 e. The Bertz CT molecular complexity index is 771. The highest BCUT2D eigenvalue weighted by molar-refractivity contribution is 7.88. The predicted molar refractivity (Wildman–Crippen MR) is 113 cm³/mol. The quantitative estimate of drug-likeness (QED) is 0.705. The Balaban J connectivity index is 1.64. The molecule has 0 radical (unpaired) electrons. The summed E-state index contributed by atoms with van der Waals surface area (Å²) >= 11 is 0. The molecule has 1 aliphatic heterocycles. The molecule has 3 rings (SSSR count). The van der Waals surface area contributed by atoms with E-state index in [2.05, 4.69) is 34.3 Å². The van der Waals surface area contributed by atoms with E-state index in [4.69, 9.17) is 4.74 Å². The molecule has 0 aromatic heterocycles. The Morgan fingerprint density at radius 1 is 1.21 bits per heavy atom. The van der Waals surface area contributed by atoms with E-state index in [-0.39, 0.29) is 24.2 Å². The van der Waals surface area contributed by atoms with Crippen LogP contribution in [-0.4, -0.2) is 63.5 Å². The van der Waals surface area contributed by atoms with Crippen LogP contribution in [0.2, 0.25) is 0 Å². The van der Waals surface area contributed by atoms with Gasteiger partial charge in [0, 0.05) is 19.1 Å². The molecule has 1 saturated heterocycles. The molecule has 8 heteroatoms. The molecule has 162 valence electrons. The van der Waals surface area contributed by atoms with Gasteiger partial charge in [-0.05, 0) is 50.5 Å². The molecule has 2 aliphatic rings. The van der Waals surface area contributed by atoms with E-state index in [0.717, 1.165) is 31.9 Å². The Morgan fingerprint density at radius 2 is 1.97 bits per heavy atom. The van der Waals surface area contributed by atoms with Crippen molar-refractivity contribution in [2.75, 3.05) is 26.0 Å². The molecule has 1 saturated carbocycles. The van der Waals surface area contributed by atoms with E-state index in [1.807, 2.05) is 13.0 Å². The summed E-state index contributed by atoms with van der Waals surface area (Å²) < 4.78 is 32.6. The lowest BCUT2D eigenvalue weighted by Gasteiger charge is -2.41. The van der Waals surface area contributed by atoms with Crippen LogP contribution in [0.15, 0.2) is 30.3 Å². The molecular weight excluding hydrogens is 390 g/mol. The van der Waals surface area contributed by atoms with Crippen LogP contribution in [-0.2, 0) is 14.8 Å². The second-order valence-electron chi connectivity index (χ2n) is 8.11. The maximum absolute atomic E-state index is 12.5. The smallest absolute Gasteiger partial charge is 0.317 e. The first-order valence-corrected chi connectivity index (χ1v) is 12.4. The summed E-state index contributed by atoms with van der Waals surface area (Å²) in [6.45, 7) is 3.37. The Kier molecular flexibility index (Phi) is 7.54. The molecule has 2 fully saturated rings. The highest BCUT2D eigenvalue weighted by Crippen LogP contribution is 2.36. The number of ether oxygens (including phenoxy) is 1. The molecule has 2 amide bonds. The zero-order chi connectivity index (χ0) is 20.9. The summed E-state index contributed by atoms with van der Waals surface area (Å²) in [7, 11) is -3.36. The second kappa shape index (κ2) is 9.91. The minimum atomic E-state index is -3.36. The van der Waals surface area contributed by atoms with Gasteiger partial charge in [-0.3, -0.25) is 0 Å². The lowest BCUT2D eigenvalue weighted by atomic mass is 9.97. The number of carbonyl (C=O) groups is 1. The number of hydrogen-bond donors (Lipinski definition) is 2. The first-order chi connectivity index (χ1) is 13.9. The van der Waals surface area contributed by atoms with Crippen molar-refractivity contribution in [1.29, 1.82) is 0 Å². The second-order valence-corrected chi connectivity index (χ2v) is 9.89. The number of likely N-dealkylation sites (tertiary alicyclic amines) is 1. The number of carbonyl (C=O) groups excluding carboxylic acids is 1. The molecule has 1 unspecified atom stereocenters. The van der Waals surface area contributed by atoms with Crippen molar-refractivity contribution in [2.24, 2.45) is 0 Å². The molecular formula is C21H33N3O4S. The van der Waals surface area contributed by atoms with Crippen LogP contribution < -0.4 is 10.0 Å². The van der Waals surface area contributed by atoms with Gasteiger partial charge in [0.25, 0.3) is 0 Å². The Hall–Kier alpha value is -1.64. The first-order valence-electron chi connectivity index (χ1n) is 10.6. The molecule has 0 spiro atoms. The number of rotatable bonds is 7. The average Bonchev–Trinajstić information content (AvgIpc) is 3.15. The van der Waals surface area contributed by atoms with Gasteiger partial charge in [0.15, 0.2) is 0 Å². The first kappa shape index (κ1) is 22.1. The minimum absolute atomic E-state index is 0.136. The summed E-state index contributed by atoms with van der Waals surface area (Å²) in [4.78, 5) is 14.3. The largest absolute Gasteiger partial charge is 0.376 e. The SMILES string of the molecule is CCNC(=O)N1CCC[C@H](NS(C)(=O)=O)[C@@H]1CO[C@@H]1CCC(c2ccccc2)C1. The van der Waals surface area contributed by atoms with Crippen LogP contribution in [0, 0.1) is 0 Å². The normalized spacial score (nSPS) is 27.7. The van der Waals surface area contributed by atoms with Gasteiger partial charge in [-0.1, -0.05) is 30.3 Å². The van der Waals surface area contributed by atoms with Crippen molar-refractivity contribution < 1.29 is 17.9 Å². The number of nitrogens with zero attached hydrogens (tertiary/aromatic N) is 1. The molecule has 1 aromatic rings. The maximum atomic E-state index is 12.5. The van der Waals surface area contributed by atoms with Gasteiger partial charge in [-0.2, -0.15) is 0 Å². The summed E-state index contributed by atoms with van der Waals surface area (Å²) in [6.07, 6.45) is 5.80. The monoisotopic (exact) mass is 423 g/mol. The number of hydrogen-bond acceptors (Lipinski definition) is 4. The molecule has 7 nitrogen and oxygen atoms in total. The lowest BCUT2D eigenvalue weighted by Crippen LogP contribution is -2.60. The van der Waals surface area contributed by atoms with Crippen LogP contribution in [0.3, 0.4) is 0 Å². The average molecular weight is 424 g/mol. The van der Waals surface area contributed by atoms with Crippen molar-refractivity contribution in [1.82, 2.24) is 14.9 Å². The fraction of sp³-hybridized carbons (Fsp3) is 0.667. The fourth-order valence-electron chi connectivity index (χ4n) is 4.53. The standard InChI is InChI=1S/C21H33N3O4S/c1-3-22-21(25)24-13-7-10-19(23-29(2,26)27)20(24)15-28-18-12-11-17(14-18)16-8-5-4-6-9-16/h4-6,8-9,17-20,23H,3,7,10-15H2,1-2H3,(H,22,25)/t17?,18-,19+,20+/m1/s1. The van der Waals surface area contributed by atoms with Gasteiger partial charge < -0.3 is 15.0 Å². The topological polar surface area (TPSA) is 87.7 Å². The van der Waals surface area contributed by atoms with Crippen LogP contribution in [0.5, 0.6) is 0 Å². The van der Waals surface area contributed by atoms with Crippen molar-refractivity contribution >= 4 is 16.1 Å². The highest BCUT2D eigenvalue weighted by Gasteiger charge is 2.37. The summed E-state index contributed by atoms with van der Waals surface area (Å²) in [5.41, 5.74) is 1.34. The molecule has 0 bridgehead atoms. The van der Waals surface area contributed by atoms with Gasteiger partial charge in [0.05, 0.1) is 25.0 Å². The Morgan fingerprint density at radius 3 is 2.66 bits per heavy atom. The van der Waals surface area contributed by atoms with Crippen LogP contribution in [0.4, 0.5) is 4.79 Å². The molecule has 1 heterocycles. The molecule has 1 aliphatic carbocycles. The van der Waals surface area contributed by atoms with E-state index in [1.54, 1.807) is 4.90 Å². The summed E-state index contributed by atoms with van der Waals surface area (Å²) in [6, 6.07) is 9.70. The van der Waals surface area contributed by atoms with Crippen molar-refractivity contribution in [3.05, 3.63) is 35.9 Å². The molecule has 2 N–H and O–H groups in total. The zero-order valence-electron chi connectivity index (χ0n) is 17.3. The Labute approximate surface area is 174 Å². The minimum Gasteiger partial charge on any atom is -0.376 e. The van der Waals surface area contributed by atoms with E-state index in [0.29, 0.717) is 32.0 Å². The summed E-state index contributed by atoms with van der Waals surface area (Å²) in [5.74, 6) is 0.497. The fourth-order valence-corrected chi connectivity index (χ4v) is 5.36. The van der Waals surface area contributed by atoms with E-state index in [9.17, 15) is 13.2 Å². The van der Waals surface area contributed by atoms with E-state index in [1.165, 1.54) is 5.56 Å². The van der Waals surface area contributed by atoms with E-state index < -0.39 is 10.0 Å². The number of amides is 2. The number of urea groups is 1. The third kappa shape index (κ3) is 6.17. The zero-order valence-corrected chi connectivity index (χ0v) is 18.2. The van der Waals surface area contributed by atoms with Gasteiger partial charge in [-0.25, -0.2) is 17.9 Å².